The minimum atomic E-state index is -1.15. The van der Waals surface area contributed by atoms with E-state index in [1.807, 2.05) is 0 Å². The molecule has 69 valence electrons. The van der Waals surface area contributed by atoms with Gasteiger partial charge in [-0.1, -0.05) is 0 Å². The largest absolute Gasteiger partial charge is 0.481 e. The molecule has 1 rings (SSSR count). The van der Waals surface area contributed by atoms with E-state index in [1.165, 1.54) is 12.4 Å². The molecule has 1 radical (unpaired) electrons. The predicted octanol–water partition coefficient (Wildman–Crippen LogP) is 0.114. The number of carboxylic acids is 1. The molecule has 6 heteroatoms. The van der Waals surface area contributed by atoms with Crippen LogP contribution in [0.15, 0.2) is 24.5 Å². The van der Waals surface area contributed by atoms with Crippen molar-refractivity contribution < 1.29 is 14.7 Å². The van der Waals surface area contributed by atoms with E-state index in [2.05, 4.69) is 10.3 Å². The summed E-state index contributed by atoms with van der Waals surface area (Å²) in [6, 6.07) is 3.17. The molecule has 0 unspecified atom stereocenters. The smallest absolute Gasteiger partial charge is 0.312 e. The van der Waals surface area contributed by atoms with Gasteiger partial charge in [-0.25, -0.2) is 0 Å². The fourth-order valence-electron chi connectivity index (χ4n) is 0.778. The second kappa shape index (κ2) is 6.19. The number of amides is 1. The maximum absolute atomic E-state index is 10.9. The van der Waals surface area contributed by atoms with Crippen molar-refractivity contribution in [3.05, 3.63) is 24.5 Å². The zero-order valence-corrected chi connectivity index (χ0v) is 7.73. The van der Waals surface area contributed by atoms with Crippen LogP contribution in [0.5, 0.6) is 0 Å². The van der Waals surface area contributed by atoms with Crippen molar-refractivity contribution in [3.63, 3.8) is 0 Å². The van der Waals surface area contributed by atoms with Crippen LogP contribution in [0.4, 0.5) is 5.69 Å². The van der Waals surface area contributed by atoms with Crippen LogP contribution < -0.4 is 5.32 Å². The van der Waals surface area contributed by atoms with Gasteiger partial charge in [0.05, 0.1) is 0 Å². The van der Waals surface area contributed by atoms with Crippen LogP contribution in [0.3, 0.4) is 0 Å². The van der Waals surface area contributed by atoms with E-state index in [-0.39, 0.29) is 18.9 Å². The Balaban J connectivity index is 0.00000169. The molecule has 0 saturated heterocycles. The molecule has 1 aromatic heterocycles. The first kappa shape index (κ1) is 12.7. The van der Waals surface area contributed by atoms with Crippen molar-refractivity contribution in [1.82, 2.24) is 4.98 Å². The maximum Gasteiger partial charge on any atom is 0.312 e. The van der Waals surface area contributed by atoms with Crippen LogP contribution in [0.1, 0.15) is 6.42 Å². The third-order valence-corrected chi connectivity index (χ3v) is 1.28. The molecule has 0 spiro atoms. The third-order valence-electron chi connectivity index (χ3n) is 1.28. The molecule has 0 aliphatic rings. The third kappa shape index (κ3) is 4.65. The topological polar surface area (TPSA) is 79.3 Å². The molecule has 2 N–H and O–H groups in total. The zero-order valence-electron chi connectivity index (χ0n) is 7.73. The maximum atomic E-state index is 10.9. The van der Waals surface area contributed by atoms with E-state index in [0.717, 1.165) is 0 Å². The first-order valence-corrected chi connectivity index (χ1v) is 3.60. The van der Waals surface area contributed by atoms with Crippen molar-refractivity contribution in [3.8, 4) is 0 Å². The SMILES string of the molecule is O=C(O)CC(=O)Nc1ccncc1.[Li]. The Morgan fingerprint density at radius 1 is 1.36 bits per heavy atom. The van der Waals surface area contributed by atoms with E-state index >= 15 is 0 Å². The van der Waals surface area contributed by atoms with Crippen LogP contribution in [0.25, 0.3) is 0 Å². The first-order chi connectivity index (χ1) is 6.18. The second-order valence-corrected chi connectivity index (χ2v) is 2.35. The summed E-state index contributed by atoms with van der Waals surface area (Å²) in [5.74, 6) is -1.69. The molecule has 1 amide bonds. The Kier molecular flexibility index (Phi) is 5.61. The van der Waals surface area contributed by atoms with Crippen LogP contribution in [0.2, 0.25) is 0 Å². The van der Waals surface area contributed by atoms with Gasteiger partial charge in [0.15, 0.2) is 0 Å². The van der Waals surface area contributed by atoms with Gasteiger partial charge in [0.2, 0.25) is 5.91 Å². The van der Waals surface area contributed by atoms with Crippen molar-refractivity contribution in [2.24, 2.45) is 0 Å². The second-order valence-electron chi connectivity index (χ2n) is 2.35. The van der Waals surface area contributed by atoms with Gasteiger partial charge < -0.3 is 10.4 Å². The van der Waals surface area contributed by atoms with Gasteiger partial charge in [0.1, 0.15) is 6.42 Å². The van der Waals surface area contributed by atoms with Crippen molar-refractivity contribution in [2.75, 3.05) is 5.32 Å². The number of aliphatic carboxylic acids is 1. The van der Waals surface area contributed by atoms with Gasteiger partial charge in [0, 0.05) is 36.9 Å². The first-order valence-electron chi connectivity index (χ1n) is 3.60. The summed E-state index contributed by atoms with van der Waals surface area (Å²) in [6.07, 6.45) is 2.50. The van der Waals surface area contributed by atoms with Gasteiger partial charge >= 0.3 is 5.97 Å². The summed E-state index contributed by atoms with van der Waals surface area (Å²) in [4.78, 5) is 24.8. The number of aromatic nitrogens is 1. The van der Waals surface area contributed by atoms with E-state index in [0.29, 0.717) is 5.69 Å². The molecule has 5 nitrogen and oxygen atoms in total. The Bertz CT molecular complexity index is 316. The number of carboxylic acid groups (broad SMARTS) is 1. The summed E-state index contributed by atoms with van der Waals surface area (Å²) in [7, 11) is 0. The van der Waals surface area contributed by atoms with Crippen LogP contribution in [0, 0.1) is 0 Å². The Morgan fingerprint density at radius 2 is 1.93 bits per heavy atom. The number of hydrogen-bond donors (Lipinski definition) is 2. The number of pyridine rings is 1. The van der Waals surface area contributed by atoms with E-state index in [9.17, 15) is 9.59 Å². The van der Waals surface area contributed by atoms with Crippen molar-refractivity contribution in [1.29, 1.82) is 0 Å². The van der Waals surface area contributed by atoms with Gasteiger partial charge in [-0.3, -0.25) is 14.6 Å². The molecule has 14 heavy (non-hydrogen) atoms. The number of hydrogen-bond acceptors (Lipinski definition) is 3. The van der Waals surface area contributed by atoms with Crippen molar-refractivity contribution >= 4 is 36.4 Å². The van der Waals surface area contributed by atoms with Crippen molar-refractivity contribution in [2.45, 2.75) is 6.42 Å². The fourth-order valence-corrected chi connectivity index (χ4v) is 0.778. The molecular weight excluding hydrogens is 179 g/mol. The van der Waals surface area contributed by atoms with Gasteiger partial charge in [-0.05, 0) is 12.1 Å². The van der Waals surface area contributed by atoms with E-state index < -0.39 is 18.3 Å². The molecule has 1 aromatic rings. The molecule has 0 atom stereocenters. The minimum Gasteiger partial charge on any atom is -0.481 e. The normalized spacial score (nSPS) is 8.57. The van der Waals surface area contributed by atoms with Gasteiger partial charge in [-0.2, -0.15) is 0 Å². The number of rotatable bonds is 3. The molecular formula is C8H8LiN2O3. The standard InChI is InChI=1S/C8H8N2O3.Li/c11-7(5-8(12)13)10-6-1-3-9-4-2-6;/h1-4H,5H2,(H,12,13)(H,9,10,11);. The summed E-state index contributed by atoms with van der Waals surface area (Å²) in [5.41, 5.74) is 0.543. The Morgan fingerprint density at radius 3 is 2.43 bits per heavy atom. The molecule has 0 aliphatic heterocycles. The van der Waals surface area contributed by atoms with Crippen LogP contribution in [-0.2, 0) is 9.59 Å². The van der Waals surface area contributed by atoms with Crippen LogP contribution in [-0.4, -0.2) is 40.8 Å². The average molecular weight is 187 g/mol. The summed E-state index contributed by atoms with van der Waals surface area (Å²) < 4.78 is 0. The Hall–Kier alpha value is -1.31. The fraction of sp³-hybridized carbons (Fsp3) is 0.125. The molecule has 0 bridgehead atoms. The monoisotopic (exact) mass is 187 g/mol. The van der Waals surface area contributed by atoms with Gasteiger partial charge in [-0.15, -0.1) is 0 Å². The zero-order chi connectivity index (χ0) is 9.68. The minimum absolute atomic E-state index is 0. The molecule has 0 fully saturated rings. The van der Waals surface area contributed by atoms with Crippen LogP contribution >= 0.6 is 0 Å². The number of nitrogens with zero attached hydrogens (tertiary/aromatic N) is 1. The quantitative estimate of drug-likeness (QED) is 0.520. The number of nitrogens with one attached hydrogen (secondary N) is 1. The molecule has 0 aromatic carbocycles. The number of anilines is 1. The predicted molar refractivity (Wildman–Crippen MR) is 50.9 cm³/mol. The Labute approximate surface area is 92.7 Å². The number of carbonyl (C=O) groups excluding carboxylic acids is 1. The summed E-state index contributed by atoms with van der Waals surface area (Å²) in [6.45, 7) is 0. The molecule has 0 saturated carbocycles. The average Bonchev–Trinajstić information content (AvgIpc) is 2.04. The summed E-state index contributed by atoms with van der Waals surface area (Å²) >= 11 is 0. The van der Waals surface area contributed by atoms with Gasteiger partial charge in [0.25, 0.3) is 0 Å². The van der Waals surface area contributed by atoms with E-state index in [1.54, 1.807) is 12.1 Å². The van der Waals surface area contributed by atoms with E-state index in [4.69, 9.17) is 5.11 Å². The molecule has 0 aliphatic carbocycles. The molecule has 1 heterocycles. The summed E-state index contributed by atoms with van der Waals surface area (Å²) in [5, 5.41) is 10.7. The number of carbonyl (C=O) groups is 2.